The number of hydrogen-bond acceptors (Lipinski definition) is 4. The van der Waals surface area contributed by atoms with Crippen molar-refractivity contribution in [3.05, 3.63) is 68.8 Å². The van der Waals surface area contributed by atoms with Gasteiger partial charge in [-0.2, -0.15) is 0 Å². The number of primary amides is 1. The lowest BCUT2D eigenvalue weighted by Crippen LogP contribution is -2.12. The molecule has 6 nitrogen and oxygen atoms in total. The molecule has 0 spiro atoms. The van der Waals surface area contributed by atoms with Gasteiger partial charge in [-0.15, -0.1) is 0 Å². The molecule has 2 aromatic carbocycles. The summed E-state index contributed by atoms with van der Waals surface area (Å²) in [6.45, 7) is 4.27. The SMILES string of the molecule is Cc1ccc(NCc2ccc(C(N)=O)cc2[N+](=O)[O-])c(C)c1. The fourth-order valence-corrected chi connectivity index (χ4v) is 2.24. The summed E-state index contributed by atoms with van der Waals surface area (Å²) in [5.41, 5.74) is 8.79. The van der Waals surface area contributed by atoms with Gasteiger partial charge < -0.3 is 11.1 Å². The van der Waals surface area contributed by atoms with Crippen molar-refractivity contribution >= 4 is 17.3 Å². The standard InChI is InChI=1S/C16H17N3O3/c1-10-3-6-14(11(2)7-10)18-9-13-5-4-12(16(17)20)8-15(13)19(21)22/h3-8,18H,9H2,1-2H3,(H2,17,20). The molecule has 0 aliphatic heterocycles. The lowest BCUT2D eigenvalue weighted by molar-refractivity contribution is -0.385. The van der Waals surface area contributed by atoms with E-state index in [0.717, 1.165) is 16.8 Å². The van der Waals surface area contributed by atoms with Gasteiger partial charge >= 0.3 is 0 Å². The third-order valence-electron chi connectivity index (χ3n) is 3.42. The number of anilines is 1. The summed E-state index contributed by atoms with van der Waals surface area (Å²) in [5, 5.41) is 14.3. The molecule has 0 fully saturated rings. The molecule has 114 valence electrons. The highest BCUT2D eigenvalue weighted by Gasteiger charge is 2.16. The molecule has 0 aromatic heterocycles. The molecular weight excluding hydrogens is 282 g/mol. The van der Waals surface area contributed by atoms with E-state index in [0.29, 0.717) is 12.1 Å². The molecule has 0 saturated carbocycles. The number of nitro groups is 1. The first-order valence-corrected chi connectivity index (χ1v) is 6.76. The van der Waals surface area contributed by atoms with E-state index in [-0.39, 0.29) is 11.3 Å². The van der Waals surface area contributed by atoms with Gasteiger partial charge in [0.2, 0.25) is 5.91 Å². The molecule has 0 bridgehead atoms. The Morgan fingerprint density at radius 1 is 1.23 bits per heavy atom. The molecule has 0 atom stereocenters. The van der Waals surface area contributed by atoms with E-state index in [9.17, 15) is 14.9 Å². The van der Waals surface area contributed by atoms with Crippen LogP contribution in [-0.4, -0.2) is 10.8 Å². The van der Waals surface area contributed by atoms with E-state index < -0.39 is 10.8 Å². The topological polar surface area (TPSA) is 98.3 Å². The van der Waals surface area contributed by atoms with Crippen molar-refractivity contribution in [1.29, 1.82) is 0 Å². The average molecular weight is 299 g/mol. The molecule has 0 aliphatic carbocycles. The fourth-order valence-electron chi connectivity index (χ4n) is 2.24. The second kappa shape index (κ2) is 6.26. The summed E-state index contributed by atoms with van der Waals surface area (Å²) < 4.78 is 0. The quantitative estimate of drug-likeness (QED) is 0.655. The molecule has 0 heterocycles. The first kappa shape index (κ1) is 15.5. The van der Waals surface area contributed by atoms with Crippen molar-refractivity contribution in [1.82, 2.24) is 0 Å². The maximum absolute atomic E-state index is 11.1. The van der Waals surface area contributed by atoms with E-state index in [1.165, 1.54) is 12.1 Å². The predicted octanol–water partition coefficient (Wildman–Crippen LogP) is 2.92. The Bertz CT molecular complexity index is 741. The number of aryl methyl sites for hydroxylation is 2. The molecule has 6 heteroatoms. The van der Waals surface area contributed by atoms with Crippen molar-refractivity contribution in [3.63, 3.8) is 0 Å². The van der Waals surface area contributed by atoms with Crippen LogP contribution in [0.25, 0.3) is 0 Å². The van der Waals surface area contributed by atoms with E-state index in [2.05, 4.69) is 5.32 Å². The van der Waals surface area contributed by atoms with Gasteiger partial charge in [-0.3, -0.25) is 14.9 Å². The molecule has 0 unspecified atom stereocenters. The predicted molar refractivity (Wildman–Crippen MR) is 84.9 cm³/mol. The maximum Gasteiger partial charge on any atom is 0.275 e. The Balaban J connectivity index is 2.25. The highest BCUT2D eigenvalue weighted by molar-refractivity contribution is 5.93. The molecule has 2 aromatic rings. The fraction of sp³-hybridized carbons (Fsp3) is 0.188. The third kappa shape index (κ3) is 3.41. The summed E-state index contributed by atoms with van der Waals surface area (Å²) in [7, 11) is 0. The highest BCUT2D eigenvalue weighted by Crippen LogP contribution is 2.23. The minimum absolute atomic E-state index is 0.117. The molecule has 0 aliphatic rings. The lowest BCUT2D eigenvalue weighted by atomic mass is 10.1. The number of amides is 1. The Kier molecular flexibility index (Phi) is 4.41. The van der Waals surface area contributed by atoms with Gasteiger partial charge in [0.25, 0.3) is 5.69 Å². The molecule has 22 heavy (non-hydrogen) atoms. The summed E-state index contributed by atoms with van der Waals surface area (Å²) in [4.78, 5) is 21.8. The van der Waals surface area contributed by atoms with Crippen molar-refractivity contribution in [2.75, 3.05) is 5.32 Å². The van der Waals surface area contributed by atoms with Crippen molar-refractivity contribution in [2.24, 2.45) is 5.73 Å². The smallest absolute Gasteiger partial charge is 0.275 e. The molecule has 2 rings (SSSR count). The van der Waals surface area contributed by atoms with Gasteiger partial charge in [0.15, 0.2) is 0 Å². The minimum Gasteiger partial charge on any atom is -0.380 e. The maximum atomic E-state index is 11.1. The van der Waals surface area contributed by atoms with Crippen LogP contribution in [-0.2, 0) is 6.54 Å². The first-order valence-electron chi connectivity index (χ1n) is 6.76. The summed E-state index contributed by atoms with van der Waals surface area (Å²) in [5.74, 6) is -0.683. The monoisotopic (exact) mass is 299 g/mol. The zero-order valence-corrected chi connectivity index (χ0v) is 12.4. The van der Waals surface area contributed by atoms with E-state index in [1.807, 2.05) is 32.0 Å². The van der Waals surface area contributed by atoms with Gasteiger partial charge in [0, 0.05) is 29.4 Å². The second-order valence-electron chi connectivity index (χ2n) is 5.14. The van der Waals surface area contributed by atoms with Crippen molar-refractivity contribution in [3.8, 4) is 0 Å². The summed E-state index contributed by atoms with van der Waals surface area (Å²) in [6, 6.07) is 10.2. The van der Waals surface area contributed by atoms with Gasteiger partial charge in [0.05, 0.1) is 4.92 Å². The van der Waals surface area contributed by atoms with Crippen LogP contribution in [0.1, 0.15) is 27.0 Å². The van der Waals surface area contributed by atoms with Gasteiger partial charge in [-0.1, -0.05) is 17.7 Å². The Morgan fingerprint density at radius 2 is 1.95 bits per heavy atom. The van der Waals surface area contributed by atoms with Crippen molar-refractivity contribution in [2.45, 2.75) is 20.4 Å². The lowest BCUT2D eigenvalue weighted by Gasteiger charge is -2.11. The third-order valence-corrected chi connectivity index (χ3v) is 3.42. The Morgan fingerprint density at radius 3 is 2.55 bits per heavy atom. The summed E-state index contributed by atoms with van der Waals surface area (Å²) in [6.07, 6.45) is 0. The van der Waals surface area contributed by atoms with E-state index >= 15 is 0 Å². The van der Waals surface area contributed by atoms with Crippen LogP contribution in [0, 0.1) is 24.0 Å². The Labute approximate surface area is 128 Å². The normalized spacial score (nSPS) is 10.3. The highest BCUT2D eigenvalue weighted by atomic mass is 16.6. The van der Waals surface area contributed by atoms with Gasteiger partial charge in [-0.25, -0.2) is 0 Å². The van der Waals surface area contributed by atoms with Crippen LogP contribution in [0.3, 0.4) is 0 Å². The number of nitrogens with one attached hydrogen (secondary N) is 1. The number of nitrogens with zero attached hydrogens (tertiary/aromatic N) is 1. The Hall–Kier alpha value is -2.89. The zero-order chi connectivity index (χ0) is 16.3. The molecule has 1 amide bonds. The number of benzene rings is 2. The van der Waals surface area contributed by atoms with Crippen LogP contribution in [0.15, 0.2) is 36.4 Å². The number of hydrogen-bond donors (Lipinski definition) is 2. The molecule has 3 N–H and O–H groups in total. The number of carbonyl (C=O) groups is 1. The average Bonchev–Trinajstić information content (AvgIpc) is 2.46. The number of carbonyl (C=O) groups excluding carboxylic acids is 1. The van der Waals surface area contributed by atoms with Gasteiger partial charge in [0.1, 0.15) is 0 Å². The zero-order valence-electron chi connectivity index (χ0n) is 12.4. The van der Waals surface area contributed by atoms with Crippen molar-refractivity contribution < 1.29 is 9.72 Å². The molecular formula is C16H17N3O3. The van der Waals surface area contributed by atoms with E-state index in [4.69, 9.17) is 5.73 Å². The van der Waals surface area contributed by atoms with Crippen LogP contribution in [0.2, 0.25) is 0 Å². The second-order valence-corrected chi connectivity index (χ2v) is 5.14. The van der Waals surface area contributed by atoms with E-state index in [1.54, 1.807) is 6.07 Å². The first-order chi connectivity index (χ1) is 10.4. The molecule has 0 radical (unpaired) electrons. The molecule has 0 saturated heterocycles. The van der Waals surface area contributed by atoms with Crippen LogP contribution in [0.4, 0.5) is 11.4 Å². The van der Waals surface area contributed by atoms with Gasteiger partial charge in [-0.05, 0) is 37.6 Å². The number of rotatable bonds is 5. The number of nitrogens with two attached hydrogens (primary N) is 1. The van der Waals surface area contributed by atoms with Crippen LogP contribution in [0.5, 0.6) is 0 Å². The number of nitro benzene ring substituents is 1. The minimum atomic E-state index is -0.683. The largest absolute Gasteiger partial charge is 0.380 e. The van der Waals surface area contributed by atoms with Crippen LogP contribution < -0.4 is 11.1 Å². The summed E-state index contributed by atoms with van der Waals surface area (Å²) >= 11 is 0. The van der Waals surface area contributed by atoms with Crippen LogP contribution >= 0.6 is 0 Å².